The van der Waals surface area contributed by atoms with Crippen LogP contribution in [0.3, 0.4) is 0 Å². The maximum atomic E-state index is 10.5. The van der Waals surface area contributed by atoms with Gasteiger partial charge in [-0.25, -0.2) is 4.79 Å². The molecule has 0 fully saturated rings. The predicted molar refractivity (Wildman–Crippen MR) is 42.1 cm³/mol. The zero-order valence-corrected chi connectivity index (χ0v) is 6.58. The monoisotopic (exact) mass is 155 g/mol. The van der Waals surface area contributed by atoms with Crippen molar-refractivity contribution in [3.63, 3.8) is 0 Å². The van der Waals surface area contributed by atoms with Crippen LogP contribution in [0.25, 0.3) is 0 Å². The third-order valence-electron chi connectivity index (χ3n) is 1.92. The van der Waals surface area contributed by atoms with Gasteiger partial charge in [0.2, 0.25) is 0 Å². The van der Waals surface area contributed by atoms with E-state index in [2.05, 4.69) is 0 Å². The first-order chi connectivity index (χ1) is 5.09. The molecule has 1 aliphatic rings. The fraction of sp³-hybridized carbons (Fsp3) is 0.625. The number of rotatable bonds is 1. The van der Waals surface area contributed by atoms with Gasteiger partial charge in [-0.2, -0.15) is 0 Å². The number of hydrogen-bond acceptors (Lipinski definition) is 2. The summed E-state index contributed by atoms with van der Waals surface area (Å²) in [7, 11) is 0. The molecule has 0 bridgehead atoms. The van der Waals surface area contributed by atoms with E-state index in [4.69, 9.17) is 10.8 Å². The van der Waals surface area contributed by atoms with Gasteiger partial charge in [-0.15, -0.1) is 0 Å². The molecule has 0 amide bonds. The van der Waals surface area contributed by atoms with Gasteiger partial charge in [0.15, 0.2) is 0 Å². The van der Waals surface area contributed by atoms with Crippen LogP contribution in [-0.2, 0) is 4.79 Å². The molecule has 0 aromatic rings. The first-order valence-electron chi connectivity index (χ1n) is 3.79. The predicted octanol–water partition coefficient (Wildman–Crippen LogP) is 0.755. The maximum absolute atomic E-state index is 10.5. The lowest BCUT2D eigenvalue weighted by Gasteiger charge is -2.21. The number of carboxylic acid groups (broad SMARTS) is 1. The third-order valence-corrected chi connectivity index (χ3v) is 1.92. The number of aliphatic carboxylic acids is 1. The van der Waals surface area contributed by atoms with Crippen molar-refractivity contribution in [3.8, 4) is 0 Å². The van der Waals surface area contributed by atoms with Gasteiger partial charge in [-0.3, -0.25) is 0 Å². The molecule has 0 aromatic heterocycles. The van der Waals surface area contributed by atoms with Gasteiger partial charge < -0.3 is 10.8 Å². The topological polar surface area (TPSA) is 63.3 Å². The summed E-state index contributed by atoms with van der Waals surface area (Å²) in [4.78, 5) is 10.5. The summed E-state index contributed by atoms with van der Waals surface area (Å²) in [6, 6.07) is 0.0288. The number of hydrogen-bond donors (Lipinski definition) is 2. The fourth-order valence-corrected chi connectivity index (χ4v) is 1.48. The highest BCUT2D eigenvalue weighted by molar-refractivity contribution is 5.86. The van der Waals surface area contributed by atoms with E-state index in [0.29, 0.717) is 17.9 Å². The minimum Gasteiger partial charge on any atom is -0.478 e. The van der Waals surface area contributed by atoms with Crippen molar-refractivity contribution < 1.29 is 9.90 Å². The smallest absolute Gasteiger partial charge is 0.331 e. The van der Waals surface area contributed by atoms with Crippen molar-refractivity contribution in [2.75, 3.05) is 0 Å². The Morgan fingerprint density at radius 3 is 2.91 bits per heavy atom. The first kappa shape index (κ1) is 8.27. The zero-order chi connectivity index (χ0) is 8.43. The number of carboxylic acids is 1. The lowest BCUT2D eigenvalue weighted by molar-refractivity contribution is -0.133. The Bertz CT molecular complexity index is 198. The van der Waals surface area contributed by atoms with Gasteiger partial charge in [0.25, 0.3) is 0 Å². The average Bonchev–Trinajstić information content (AvgIpc) is 1.85. The zero-order valence-electron chi connectivity index (χ0n) is 6.58. The second-order valence-electron chi connectivity index (χ2n) is 3.17. The van der Waals surface area contributed by atoms with Gasteiger partial charge in [0.05, 0.1) is 0 Å². The Labute approximate surface area is 65.9 Å². The Hall–Kier alpha value is -0.830. The standard InChI is InChI=1S/C8H13NO2/c1-5-2-6(8(10)11)4-7(9)3-5/h2,5,7H,3-4,9H2,1H3,(H,10,11). The molecule has 0 saturated carbocycles. The minimum absolute atomic E-state index is 0.0288. The second kappa shape index (κ2) is 3.05. The van der Waals surface area contributed by atoms with Crippen LogP contribution in [0, 0.1) is 5.92 Å². The van der Waals surface area contributed by atoms with Gasteiger partial charge in [-0.05, 0) is 18.8 Å². The summed E-state index contributed by atoms with van der Waals surface area (Å²) < 4.78 is 0. The lowest BCUT2D eigenvalue weighted by atomic mass is 9.88. The summed E-state index contributed by atoms with van der Waals surface area (Å²) in [5.41, 5.74) is 6.12. The van der Waals surface area contributed by atoms with E-state index in [-0.39, 0.29) is 6.04 Å². The minimum atomic E-state index is -0.827. The largest absolute Gasteiger partial charge is 0.478 e. The molecule has 3 heteroatoms. The molecular formula is C8H13NO2. The quantitative estimate of drug-likeness (QED) is 0.587. The van der Waals surface area contributed by atoms with Crippen molar-refractivity contribution in [3.05, 3.63) is 11.6 Å². The molecule has 0 aliphatic heterocycles. The van der Waals surface area contributed by atoms with Crippen LogP contribution in [0.15, 0.2) is 11.6 Å². The van der Waals surface area contributed by atoms with Crippen molar-refractivity contribution in [1.29, 1.82) is 0 Å². The molecule has 11 heavy (non-hydrogen) atoms. The molecule has 62 valence electrons. The SMILES string of the molecule is CC1C=C(C(=O)O)CC(N)C1. The normalized spacial score (nSPS) is 31.3. The molecule has 3 nitrogen and oxygen atoms in total. The van der Waals surface area contributed by atoms with Crippen molar-refractivity contribution in [2.45, 2.75) is 25.8 Å². The fourth-order valence-electron chi connectivity index (χ4n) is 1.48. The molecule has 0 heterocycles. The Balaban J connectivity index is 2.72. The van der Waals surface area contributed by atoms with Gasteiger partial charge >= 0.3 is 5.97 Å². The van der Waals surface area contributed by atoms with Crippen molar-refractivity contribution >= 4 is 5.97 Å². The van der Waals surface area contributed by atoms with Crippen LogP contribution < -0.4 is 5.73 Å². The van der Waals surface area contributed by atoms with Crippen LogP contribution in [0.4, 0.5) is 0 Å². The van der Waals surface area contributed by atoms with E-state index < -0.39 is 5.97 Å². The maximum Gasteiger partial charge on any atom is 0.331 e. The first-order valence-corrected chi connectivity index (χ1v) is 3.79. The van der Waals surface area contributed by atoms with Crippen LogP contribution >= 0.6 is 0 Å². The molecule has 0 saturated heterocycles. The summed E-state index contributed by atoms with van der Waals surface area (Å²) in [5, 5.41) is 8.65. The lowest BCUT2D eigenvalue weighted by Crippen LogP contribution is -2.28. The molecule has 3 N–H and O–H groups in total. The van der Waals surface area contributed by atoms with E-state index in [0.717, 1.165) is 6.42 Å². The molecule has 0 spiro atoms. The van der Waals surface area contributed by atoms with E-state index in [1.54, 1.807) is 6.08 Å². The van der Waals surface area contributed by atoms with Gasteiger partial charge in [-0.1, -0.05) is 13.0 Å². The van der Waals surface area contributed by atoms with Gasteiger partial charge in [0.1, 0.15) is 0 Å². The number of nitrogens with two attached hydrogens (primary N) is 1. The van der Waals surface area contributed by atoms with Gasteiger partial charge in [0, 0.05) is 11.6 Å². The third kappa shape index (κ3) is 2.05. The molecular weight excluding hydrogens is 142 g/mol. The highest BCUT2D eigenvalue weighted by Gasteiger charge is 2.20. The second-order valence-corrected chi connectivity index (χ2v) is 3.17. The Kier molecular flexibility index (Phi) is 2.29. The van der Waals surface area contributed by atoms with Crippen LogP contribution in [0.2, 0.25) is 0 Å². The molecule has 0 radical (unpaired) electrons. The van der Waals surface area contributed by atoms with Crippen LogP contribution in [0.1, 0.15) is 19.8 Å². The Morgan fingerprint density at radius 2 is 2.45 bits per heavy atom. The van der Waals surface area contributed by atoms with Crippen LogP contribution in [-0.4, -0.2) is 17.1 Å². The molecule has 0 aromatic carbocycles. The highest BCUT2D eigenvalue weighted by Crippen LogP contribution is 2.21. The molecule has 1 rings (SSSR count). The van der Waals surface area contributed by atoms with E-state index >= 15 is 0 Å². The average molecular weight is 155 g/mol. The summed E-state index contributed by atoms with van der Waals surface area (Å²) >= 11 is 0. The van der Waals surface area contributed by atoms with Crippen molar-refractivity contribution in [1.82, 2.24) is 0 Å². The summed E-state index contributed by atoms with van der Waals surface area (Å²) in [6.45, 7) is 1.99. The van der Waals surface area contributed by atoms with E-state index in [1.807, 2.05) is 6.92 Å². The Morgan fingerprint density at radius 1 is 1.82 bits per heavy atom. The number of carbonyl (C=O) groups is 1. The highest BCUT2D eigenvalue weighted by atomic mass is 16.4. The molecule has 2 atom stereocenters. The van der Waals surface area contributed by atoms with Crippen LogP contribution in [0.5, 0.6) is 0 Å². The van der Waals surface area contributed by atoms with E-state index in [1.165, 1.54) is 0 Å². The number of allylic oxidation sites excluding steroid dienone is 1. The molecule has 1 aliphatic carbocycles. The summed E-state index contributed by atoms with van der Waals surface area (Å²) in [5.74, 6) is -0.517. The molecule has 2 unspecified atom stereocenters. The summed E-state index contributed by atoms with van der Waals surface area (Å²) in [6.07, 6.45) is 3.21. The van der Waals surface area contributed by atoms with E-state index in [9.17, 15) is 4.79 Å². The van der Waals surface area contributed by atoms with Crippen molar-refractivity contribution in [2.24, 2.45) is 11.7 Å².